The van der Waals surface area contributed by atoms with Crippen LogP contribution in [0.4, 0.5) is 5.69 Å². The number of ether oxygens (including phenoxy) is 1. The molecule has 0 saturated carbocycles. The number of anilines is 1. The maximum Gasteiger partial charge on any atom is 0.306 e. The molecule has 1 heterocycles. The lowest BCUT2D eigenvalue weighted by Crippen LogP contribution is -2.35. The Balaban J connectivity index is 1.85. The van der Waals surface area contributed by atoms with Crippen molar-refractivity contribution in [3.63, 3.8) is 0 Å². The number of carbonyl (C=O) groups excluding carboxylic acids is 3. The number of rotatable bonds is 6. The summed E-state index contributed by atoms with van der Waals surface area (Å²) in [6.45, 7) is 6.71. The monoisotopic (exact) mass is 374 g/mol. The number of benzene rings is 1. The van der Waals surface area contributed by atoms with Crippen LogP contribution in [0.3, 0.4) is 0 Å². The van der Waals surface area contributed by atoms with Crippen molar-refractivity contribution in [1.82, 2.24) is 4.90 Å². The molecule has 1 fully saturated rings. The first-order chi connectivity index (χ1) is 12.7. The van der Waals surface area contributed by atoms with Crippen LogP contribution in [0.5, 0.6) is 0 Å². The molecule has 27 heavy (non-hydrogen) atoms. The van der Waals surface area contributed by atoms with Crippen molar-refractivity contribution in [1.29, 1.82) is 0 Å². The van der Waals surface area contributed by atoms with Crippen molar-refractivity contribution in [3.8, 4) is 0 Å². The zero-order valence-electron chi connectivity index (χ0n) is 16.8. The van der Waals surface area contributed by atoms with Gasteiger partial charge in [-0.3, -0.25) is 14.4 Å². The molecule has 1 aromatic rings. The van der Waals surface area contributed by atoms with E-state index in [1.54, 1.807) is 29.0 Å². The zero-order valence-corrected chi connectivity index (χ0v) is 16.8. The van der Waals surface area contributed by atoms with Gasteiger partial charge in [-0.25, -0.2) is 0 Å². The first-order valence-electron chi connectivity index (χ1n) is 9.55. The van der Waals surface area contributed by atoms with Gasteiger partial charge in [0.1, 0.15) is 5.60 Å². The second-order valence-corrected chi connectivity index (χ2v) is 7.97. The fourth-order valence-corrected chi connectivity index (χ4v) is 3.04. The minimum atomic E-state index is -0.490. The second kappa shape index (κ2) is 9.02. The van der Waals surface area contributed by atoms with Crippen molar-refractivity contribution in [3.05, 3.63) is 29.8 Å². The summed E-state index contributed by atoms with van der Waals surface area (Å²) in [5.74, 6) is -0.214. The molecule has 2 amide bonds. The largest absolute Gasteiger partial charge is 0.460 e. The summed E-state index contributed by atoms with van der Waals surface area (Å²) in [6, 6.07) is 7.16. The minimum Gasteiger partial charge on any atom is -0.460 e. The lowest BCUT2D eigenvalue weighted by atomic mass is 10.1. The maximum absolute atomic E-state index is 12.5. The molecule has 2 rings (SSSR count). The third-order valence-corrected chi connectivity index (χ3v) is 4.39. The molecule has 6 heteroatoms. The van der Waals surface area contributed by atoms with Gasteiger partial charge in [-0.1, -0.05) is 0 Å². The summed E-state index contributed by atoms with van der Waals surface area (Å²) in [5, 5.41) is 0. The highest BCUT2D eigenvalue weighted by atomic mass is 16.6. The Hall–Kier alpha value is -2.37. The SMILES string of the molecule is CN(CCCC(=O)OC(C)(C)C)C(=O)c1ccc(N2CCCCC2=O)cc1. The zero-order chi connectivity index (χ0) is 20.0. The lowest BCUT2D eigenvalue weighted by Gasteiger charge is -2.27. The summed E-state index contributed by atoms with van der Waals surface area (Å²) in [4.78, 5) is 39.6. The highest BCUT2D eigenvalue weighted by molar-refractivity contribution is 5.96. The average molecular weight is 374 g/mol. The van der Waals surface area contributed by atoms with Gasteiger partial charge in [0.15, 0.2) is 0 Å². The molecule has 0 unspecified atom stereocenters. The number of carbonyl (C=O) groups is 3. The van der Waals surface area contributed by atoms with Gasteiger partial charge in [0, 0.05) is 44.2 Å². The third-order valence-electron chi connectivity index (χ3n) is 4.39. The van der Waals surface area contributed by atoms with Crippen molar-refractivity contribution in [2.45, 2.75) is 58.5 Å². The normalized spacial score (nSPS) is 14.8. The van der Waals surface area contributed by atoms with Crippen LogP contribution in [0.25, 0.3) is 0 Å². The Morgan fingerprint density at radius 2 is 1.81 bits per heavy atom. The van der Waals surface area contributed by atoms with Gasteiger partial charge in [-0.05, 0) is 64.3 Å². The standard InChI is InChI=1S/C21H30N2O4/c1-21(2,3)27-19(25)9-7-14-22(4)20(26)16-10-12-17(13-11-16)23-15-6-5-8-18(23)24/h10-13H,5-9,14-15H2,1-4H3. The van der Waals surface area contributed by atoms with E-state index in [4.69, 9.17) is 4.74 Å². The van der Waals surface area contributed by atoms with E-state index in [0.29, 0.717) is 24.9 Å². The summed E-state index contributed by atoms with van der Waals surface area (Å²) >= 11 is 0. The van der Waals surface area contributed by atoms with Gasteiger partial charge in [0.25, 0.3) is 5.91 Å². The Bertz CT molecular complexity index is 676. The molecule has 0 aliphatic carbocycles. The van der Waals surface area contributed by atoms with Crippen molar-refractivity contribution >= 4 is 23.5 Å². The second-order valence-electron chi connectivity index (χ2n) is 7.97. The molecule has 148 valence electrons. The average Bonchev–Trinajstić information content (AvgIpc) is 2.60. The van der Waals surface area contributed by atoms with Crippen LogP contribution in [0.2, 0.25) is 0 Å². The molecule has 0 aromatic heterocycles. The summed E-state index contributed by atoms with van der Waals surface area (Å²) in [6.07, 6.45) is 3.37. The molecular formula is C21H30N2O4. The Morgan fingerprint density at radius 1 is 1.15 bits per heavy atom. The van der Waals surface area contributed by atoms with E-state index < -0.39 is 5.60 Å². The van der Waals surface area contributed by atoms with Gasteiger partial charge in [0.05, 0.1) is 0 Å². The maximum atomic E-state index is 12.5. The van der Waals surface area contributed by atoms with Crippen LogP contribution in [0.1, 0.15) is 63.2 Å². The molecule has 6 nitrogen and oxygen atoms in total. The molecule has 0 spiro atoms. The summed E-state index contributed by atoms with van der Waals surface area (Å²) < 4.78 is 5.27. The molecule has 1 aromatic carbocycles. The highest BCUT2D eigenvalue weighted by Crippen LogP contribution is 2.21. The minimum absolute atomic E-state index is 0.101. The topological polar surface area (TPSA) is 66.9 Å². The van der Waals surface area contributed by atoms with Crippen LogP contribution in [0.15, 0.2) is 24.3 Å². The number of esters is 1. The summed E-state index contributed by atoms with van der Waals surface area (Å²) in [5.41, 5.74) is 0.919. The van der Waals surface area contributed by atoms with E-state index in [1.807, 2.05) is 32.9 Å². The van der Waals surface area contributed by atoms with Crippen LogP contribution in [-0.4, -0.2) is 48.4 Å². The first-order valence-corrected chi connectivity index (χ1v) is 9.55. The lowest BCUT2D eigenvalue weighted by molar-refractivity contribution is -0.155. The van der Waals surface area contributed by atoms with Gasteiger partial charge < -0.3 is 14.5 Å². The molecular weight excluding hydrogens is 344 g/mol. The van der Waals surface area contributed by atoms with Crippen molar-refractivity contribution in [2.24, 2.45) is 0 Å². The number of amides is 2. The molecule has 1 saturated heterocycles. The van der Waals surface area contributed by atoms with E-state index in [1.165, 1.54) is 0 Å². The number of nitrogens with zero attached hydrogens (tertiary/aromatic N) is 2. The van der Waals surface area contributed by atoms with Crippen molar-refractivity contribution in [2.75, 3.05) is 25.0 Å². The fourth-order valence-electron chi connectivity index (χ4n) is 3.04. The quantitative estimate of drug-likeness (QED) is 0.716. The molecule has 0 bridgehead atoms. The number of piperidine rings is 1. The summed E-state index contributed by atoms with van der Waals surface area (Å²) in [7, 11) is 1.72. The third kappa shape index (κ3) is 6.38. The van der Waals surface area contributed by atoms with E-state index in [-0.39, 0.29) is 24.2 Å². The van der Waals surface area contributed by atoms with E-state index in [9.17, 15) is 14.4 Å². The van der Waals surface area contributed by atoms with Crippen LogP contribution in [0, 0.1) is 0 Å². The predicted molar refractivity (Wildman–Crippen MR) is 105 cm³/mol. The Labute approximate surface area is 161 Å². The predicted octanol–water partition coefficient (Wildman–Crippen LogP) is 3.40. The molecule has 1 aliphatic rings. The van der Waals surface area contributed by atoms with Crippen LogP contribution in [-0.2, 0) is 14.3 Å². The van der Waals surface area contributed by atoms with Gasteiger partial charge in [-0.15, -0.1) is 0 Å². The number of hydrogen-bond acceptors (Lipinski definition) is 4. The highest BCUT2D eigenvalue weighted by Gasteiger charge is 2.20. The Morgan fingerprint density at radius 3 is 2.41 bits per heavy atom. The fraction of sp³-hybridized carbons (Fsp3) is 0.571. The molecule has 0 radical (unpaired) electrons. The number of hydrogen-bond donors (Lipinski definition) is 0. The van der Waals surface area contributed by atoms with E-state index in [2.05, 4.69) is 0 Å². The molecule has 0 N–H and O–H groups in total. The van der Waals surface area contributed by atoms with Gasteiger partial charge in [0.2, 0.25) is 5.91 Å². The smallest absolute Gasteiger partial charge is 0.306 e. The molecule has 1 aliphatic heterocycles. The van der Waals surface area contributed by atoms with Gasteiger partial charge >= 0.3 is 5.97 Å². The van der Waals surface area contributed by atoms with Crippen LogP contribution >= 0.6 is 0 Å². The van der Waals surface area contributed by atoms with Crippen molar-refractivity contribution < 1.29 is 19.1 Å². The molecule has 0 atom stereocenters. The van der Waals surface area contributed by atoms with Crippen LogP contribution < -0.4 is 4.90 Å². The van der Waals surface area contributed by atoms with Gasteiger partial charge in [-0.2, -0.15) is 0 Å². The Kier molecular flexibility index (Phi) is 6.99. The first kappa shape index (κ1) is 20.9. The van der Waals surface area contributed by atoms with E-state index >= 15 is 0 Å². The van der Waals surface area contributed by atoms with E-state index in [0.717, 1.165) is 25.1 Å².